The molecular weight excluding hydrogens is 262 g/mol. The van der Waals surface area contributed by atoms with Gasteiger partial charge in [0.15, 0.2) is 0 Å². The number of nitrogens with zero attached hydrogens (tertiary/aromatic N) is 3. The SMILES string of the molecule is COCCCn1cc(-c2cc(Cl)cc(C#N)c2)cn1. The van der Waals surface area contributed by atoms with Crippen molar-refractivity contribution in [2.75, 3.05) is 13.7 Å². The van der Waals surface area contributed by atoms with Crippen LogP contribution in [0.3, 0.4) is 0 Å². The van der Waals surface area contributed by atoms with Crippen LogP contribution in [0.1, 0.15) is 12.0 Å². The summed E-state index contributed by atoms with van der Waals surface area (Å²) in [6.45, 7) is 1.52. The Morgan fingerprint density at radius 1 is 1.37 bits per heavy atom. The largest absolute Gasteiger partial charge is 0.385 e. The minimum Gasteiger partial charge on any atom is -0.385 e. The Kier molecular flexibility index (Phi) is 4.56. The second kappa shape index (κ2) is 6.37. The Hall–Kier alpha value is -1.83. The predicted octanol–water partition coefficient (Wildman–Crippen LogP) is 3.11. The highest BCUT2D eigenvalue weighted by Gasteiger charge is 2.05. The number of ether oxygens (including phenoxy) is 1. The summed E-state index contributed by atoms with van der Waals surface area (Å²) >= 11 is 5.99. The molecule has 5 heteroatoms. The van der Waals surface area contributed by atoms with Gasteiger partial charge >= 0.3 is 0 Å². The van der Waals surface area contributed by atoms with Crippen LogP contribution in [0, 0.1) is 11.3 Å². The van der Waals surface area contributed by atoms with Crippen molar-refractivity contribution in [3.63, 3.8) is 0 Å². The van der Waals surface area contributed by atoms with Crippen LogP contribution >= 0.6 is 11.6 Å². The number of benzene rings is 1. The van der Waals surface area contributed by atoms with E-state index in [4.69, 9.17) is 21.6 Å². The van der Waals surface area contributed by atoms with Crippen LogP contribution in [0.25, 0.3) is 11.1 Å². The number of hydrogen-bond donors (Lipinski definition) is 0. The van der Waals surface area contributed by atoms with E-state index >= 15 is 0 Å². The molecule has 0 saturated carbocycles. The first kappa shape index (κ1) is 13.6. The lowest BCUT2D eigenvalue weighted by molar-refractivity contribution is 0.189. The van der Waals surface area contributed by atoms with E-state index in [9.17, 15) is 0 Å². The van der Waals surface area contributed by atoms with E-state index in [1.165, 1.54) is 0 Å². The number of rotatable bonds is 5. The quantitative estimate of drug-likeness (QED) is 0.788. The highest BCUT2D eigenvalue weighted by atomic mass is 35.5. The average molecular weight is 276 g/mol. The molecule has 0 atom stereocenters. The zero-order chi connectivity index (χ0) is 13.7. The number of aromatic nitrogens is 2. The maximum atomic E-state index is 8.94. The zero-order valence-corrected chi connectivity index (χ0v) is 11.4. The summed E-state index contributed by atoms with van der Waals surface area (Å²) in [6.07, 6.45) is 4.64. The maximum Gasteiger partial charge on any atom is 0.0992 e. The van der Waals surface area contributed by atoms with E-state index in [0.29, 0.717) is 17.2 Å². The summed E-state index contributed by atoms with van der Waals surface area (Å²) in [4.78, 5) is 0. The van der Waals surface area contributed by atoms with Gasteiger partial charge in [0, 0.05) is 37.0 Å². The van der Waals surface area contributed by atoms with Gasteiger partial charge in [0.2, 0.25) is 0 Å². The highest BCUT2D eigenvalue weighted by Crippen LogP contribution is 2.24. The third-order valence-corrected chi connectivity index (χ3v) is 2.95. The predicted molar refractivity (Wildman–Crippen MR) is 73.9 cm³/mol. The number of nitriles is 1. The fourth-order valence-electron chi connectivity index (χ4n) is 1.83. The van der Waals surface area contributed by atoms with E-state index < -0.39 is 0 Å². The van der Waals surface area contributed by atoms with Crippen molar-refractivity contribution in [1.29, 1.82) is 5.26 Å². The van der Waals surface area contributed by atoms with Gasteiger partial charge in [-0.15, -0.1) is 0 Å². The van der Waals surface area contributed by atoms with Crippen molar-refractivity contribution in [3.05, 3.63) is 41.2 Å². The van der Waals surface area contributed by atoms with E-state index in [-0.39, 0.29) is 0 Å². The van der Waals surface area contributed by atoms with Crippen molar-refractivity contribution in [1.82, 2.24) is 9.78 Å². The lowest BCUT2D eigenvalue weighted by atomic mass is 10.1. The third-order valence-electron chi connectivity index (χ3n) is 2.73. The van der Waals surface area contributed by atoms with Crippen LogP contribution in [-0.2, 0) is 11.3 Å². The first-order valence-corrected chi connectivity index (χ1v) is 6.33. The van der Waals surface area contributed by atoms with Gasteiger partial charge in [0.1, 0.15) is 0 Å². The molecule has 0 fully saturated rings. The smallest absolute Gasteiger partial charge is 0.0992 e. The van der Waals surface area contributed by atoms with Gasteiger partial charge in [-0.2, -0.15) is 10.4 Å². The Bertz CT molecular complexity index is 601. The fraction of sp³-hybridized carbons (Fsp3) is 0.286. The molecule has 0 unspecified atom stereocenters. The molecule has 4 nitrogen and oxygen atoms in total. The molecule has 0 radical (unpaired) electrons. The number of methoxy groups -OCH3 is 1. The zero-order valence-electron chi connectivity index (χ0n) is 10.6. The molecule has 0 bridgehead atoms. The summed E-state index contributed by atoms with van der Waals surface area (Å²) in [5.74, 6) is 0. The molecular formula is C14H14ClN3O. The van der Waals surface area contributed by atoms with Crippen LogP contribution in [0.5, 0.6) is 0 Å². The molecule has 2 rings (SSSR count). The van der Waals surface area contributed by atoms with Crippen molar-refractivity contribution in [2.45, 2.75) is 13.0 Å². The Morgan fingerprint density at radius 3 is 2.95 bits per heavy atom. The Balaban J connectivity index is 2.18. The number of halogens is 1. The molecule has 1 aromatic heterocycles. The molecule has 0 spiro atoms. The Morgan fingerprint density at radius 2 is 2.21 bits per heavy atom. The van der Waals surface area contributed by atoms with E-state index in [2.05, 4.69) is 11.2 Å². The molecule has 19 heavy (non-hydrogen) atoms. The molecule has 0 aliphatic rings. The van der Waals surface area contributed by atoms with Crippen molar-refractivity contribution < 1.29 is 4.74 Å². The van der Waals surface area contributed by atoms with Crippen molar-refractivity contribution in [2.24, 2.45) is 0 Å². The second-order valence-electron chi connectivity index (χ2n) is 4.18. The average Bonchev–Trinajstić information content (AvgIpc) is 2.87. The molecule has 1 aromatic carbocycles. The van der Waals surface area contributed by atoms with E-state index in [0.717, 1.165) is 24.1 Å². The van der Waals surface area contributed by atoms with Crippen molar-refractivity contribution in [3.8, 4) is 17.2 Å². The molecule has 0 amide bonds. The summed E-state index contributed by atoms with van der Waals surface area (Å²) in [5.41, 5.74) is 2.41. The van der Waals surface area contributed by atoms with E-state index in [1.54, 1.807) is 19.4 Å². The molecule has 98 valence electrons. The molecule has 0 aliphatic heterocycles. The monoisotopic (exact) mass is 275 g/mol. The minimum absolute atomic E-state index is 0.551. The first-order chi connectivity index (χ1) is 9.22. The van der Waals surface area contributed by atoms with Crippen molar-refractivity contribution >= 4 is 11.6 Å². The second-order valence-corrected chi connectivity index (χ2v) is 4.62. The topological polar surface area (TPSA) is 50.8 Å². The van der Waals surface area contributed by atoms with Gasteiger partial charge in [-0.25, -0.2) is 0 Å². The van der Waals surface area contributed by atoms with E-state index in [1.807, 2.05) is 23.0 Å². The number of hydrogen-bond acceptors (Lipinski definition) is 3. The normalized spacial score (nSPS) is 10.4. The Labute approximate surface area is 117 Å². The number of aryl methyl sites for hydroxylation is 1. The van der Waals surface area contributed by atoms with Gasteiger partial charge in [-0.05, 0) is 30.2 Å². The fourth-order valence-corrected chi connectivity index (χ4v) is 2.06. The lowest BCUT2D eigenvalue weighted by Crippen LogP contribution is -2.01. The standard InChI is InChI=1S/C14H14ClN3O/c1-19-4-2-3-18-10-13(9-17-18)12-5-11(8-16)6-14(15)7-12/h5-7,9-10H,2-4H2,1H3. The molecule has 0 aliphatic carbocycles. The molecule has 0 N–H and O–H groups in total. The van der Waals surface area contributed by atoms with Gasteiger partial charge in [-0.3, -0.25) is 4.68 Å². The van der Waals surface area contributed by atoms with Crippen LogP contribution in [-0.4, -0.2) is 23.5 Å². The molecule has 0 saturated heterocycles. The minimum atomic E-state index is 0.551. The maximum absolute atomic E-state index is 8.94. The highest BCUT2D eigenvalue weighted by molar-refractivity contribution is 6.31. The summed E-state index contributed by atoms with van der Waals surface area (Å²) < 4.78 is 6.87. The van der Waals surface area contributed by atoms with Gasteiger partial charge in [0.25, 0.3) is 0 Å². The summed E-state index contributed by atoms with van der Waals surface area (Å²) in [5, 5.41) is 13.8. The first-order valence-electron chi connectivity index (χ1n) is 5.95. The van der Waals surface area contributed by atoms with Crippen LogP contribution < -0.4 is 0 Å². The summed E-state index contributed by atoms with van der Waals surface area (Å²) in [7, 11) is 1.68. The lowest BCUT2D eigenvalue weighted by Gasteiger charge is -2.01. The van der Waals surface area contributed by atoms with Gasteiger partial charge < -0.3 is 4.74 Å². The molecule has 1 heterocycles. The van der Waals surface area contributed by atoms with Crippen LogP contribution in [0.4, 0.5) is 0 Å². The molecule has 2 aromatic rings. The van der Waals surface area contributed by atoms with Gasteiger partial charge in [-0.1, -0.05) is 11.6 Å². The van der Waals surface area contributed by atoms with Crippen LogP contribution in [0.15, 0.2) is 30.6 Å². The summed E-state index contributed by atoms with van der Waals surface area (Å²) in [6, 6.07) is 7.39. The third kappa shape index (κ3) is 3.57. The van der Waals surface area contributed by atoms with Crippen LogP contribution in [0.2, 0.25) is 5.02 Å². The van der Waals surface area contributed by atoms with Gasteiger partial charge in [0.05, 0.1) is 17.8 Å².